The molecule has 3 heterocycles. The van der Waals surface area contributed by atoms with Crippen LogP contribution in [0.5, 0.6) is 5.88 Å². The van der Waals surface area contributed by atoms with Crippen molar-refractivity contribution < 1.29 is 5.11 Å². The second kappa shape index (κ2) is 8.66. The summed E-state index contributed by atoms with van der Waals surface area (Å²) in [4.78, 5) is 17.1. The molecule has 0 spiro atoms. The number of hydrogen-bond donors (Lipinski definition) is 4. The van der Waals surface area contributed by atoms with E-state index in [9.17, 15) is 5.11 Å². The summed E-state index contributed by atoms with van der Waals surface area (Å²) in [6, 6.07) is 18.1. The van der Waals surface area contributed by atoms with Crippen molar-refractivity contribution in [2.45, 2.75) is 19.3 Å². The number of H-pyrrole nitrogens is 1. The molecule has 8 nitrogen and oxygen atoms in total. The summed E-state index contributed by atoms with van der Waals surface area (Å²) in [5.41, 5.74) is 16.8. The molecule has 0 saturated heterocycles. The van der Waals surface area contributed by atoms with Gasteiger partial charge in [0.1, 0.15) is 5.69 Å². The third kappa shape index (κ3) is 4.10. The van der Waals surface area contributed by atoms with E-state index in [2.05, 4.69) is 16.0 Å². The number of nitrogens with zero attached hydrogens (tertiary/aromatic N) is 4. The van der Waals surface area contributed by atoms with E-state index in [0.29, 0.717) is 37.1 Å². The van der Waals surface area contributed by atoms with Gasteiger partial charge in [0.15, 0.2) is 11.6 Å². The zero-order chi connectivity index (χ0) is 22.8. The highest BCUT2D eigenvalue weighted by molar-refractivity contribution is 5.94. The first-order chi connectivity index (χ1) is 16.1. The lowest BCUT2D eigenvalue weighted by atomic mass is 10.1. The molecule has 3 aromatic heterocycles. The van der Waals surface area contributed by atoms with Crippen LogP contribution in [0.4, 0.5) is 0 Å². The van der Waals surface area contributed by atoms with Crippen molar-refractivity contribution >= 4 is 22.5 Å². The second-order valence-electron chi connectivity index (χ2n) is 7.97. The van der Waals surface area contributed by atoms with Crippen LogP contribution >= 0.6 is 0 Å². The Labute approximate surface area is 190 Å². The number of nitrogens with one attached hydrogen (secondary N) is 1. The van der Waals surface area contributed by atoms with Crippen molar-refractivity contribution in [2.75, 3.05) is 6.54 Å². The van der Waals surface area contributed by atoms with Crippen LogP contribution < -0.4 is 11.5 Å². The number of rotatable bonds is 7. The highest BCUT2D eigenvalue weighted by atomic mass is 16.3. The lowest BCUT2D eigenvalue weighted by Gasteiger charge is -2.07. The fourth-order valence-corrected chi connectivity index (χ4v) is 4.09. The van der Waals surface area contributed by atoms with Gasteiger partial charge in [0.05, 0.1) is 11.4 Å². The lowest BCUT2D eigenvalue weighted by Crippen LogP contribution is -2.23. The zero-order valence-corrected chi connectivity index (χ0v) is 18.1. The second-order valence-corrected chi connectivity index (χ2v) is 7.97. The van der Waals surface area contributed by atoms with Gasteiger partial charge in [-0.15, -0.1) is 0 Å². The molecule has 33 heavy (non-hydrogen) atoms. The Kier molecular flexibility index (Phi) is 5.40. The standard InChI is InChI=1S/C25H25N7O/c26-25(27)28-12-6-11-20-23-31-21(13-16-7-2-1-3-8-16)24(33)32(23)15-22(30-20)18-14-29-19-10-5-4-9-17(18)19/h1-5,7-10,14-15,29,33H,6,11-13H2,(H4,26,27,28). The maximum atomic E-state index is 11.1. The number of para-hydroxylation sites is 1. The molecule has 0 radical (unpaired) electrons. The molecule has 0 saturated carbocycles. The van der Waals surface area contributed by atoms with Crippen molar-refractivity contribution in [2.24, 2.45) is 16.5 Å². The Hall–Kier alpha value is -4.33. The largest absolute Gasteiger partial charge is 0.493 e. The van der Waals surface area contributed by atoms with Crippen molar-refractivity contribution in [3.63, 3.8) is 0 Å². The Morgan fingerprint density at radius 3 is 2.61 bits per heavy atom. The molecule has 0 atom stereocenters. The first-order valence-electron chi connectivity index (χ1n) is 10.9. The third-order valence-electron chi connectivity index (χ3n) is 5.67. The fraction of sp³-hybridized carbons (Fsp3) is 0.160. The molecule has 0 amide bonds. The zero-order valence-electron chi connectivity index (χ0n) is 18.1. The smallest absolute Gasteiger partial charge is 0.219 e. The van der Waals surface area contributed by atoms with Crippen LogP contribution in [0, 0.1) is 0 Å². The summed E-state index contributed by atoms with van der Waals surface area (Å²) < 4.78 is 1.73. The molecule has 0 bridgehead atoms. The van der Waals surface area contributed by atoms with Crippen LogP contribution in [0.3, 0.4) is 0 Å². The van der Waals surface area contributed by atoms with Crippen LogP contribution in [0.25, 0.3) is 27.8 Å². The van der Waals surface area contributed by atoms with Gasteiger partial charge in [0, 0.05) is 41.8 Å². The monoisotopic (exact) mass is 439 g/mol. The average molecular weight is 440 g/mol. The first kappa shape index (κ1) is 20.6. The first-order valence-corrected chi connectivity index (χ1v) is 10.9. The minimum Gasteiger partial charge on any atom is -0.493 e. The van der Waals surface area contributed by atoms with Crippen molar-refractivity contribution in [1.29, 1.82) is 0 Å². The van der Waals surface area contributed by atoms with Gasteiger partial charge < -0.3 is 21.6 Å². The van der Waals surface area contributed by atoms with E-state index in [1.54, 1.807) is 4.40 Å². The predicted octanol–water partition coefficient (Wildman–Crippen LogP) is 3.38. The highest BCUT2D eigenvalue weighted by Crippen LogP contribution is 2.31. The number of aromatic hydroxyl groups is 1. The van der Waals surface area contributed by atoms with Gasteiger partial charge in [-0.3, -0.25) is 9.39 Å². The Bertz CT molecular complexity index is 1450. The summed E-state index contributed by atoms with van der Waals surface area (Å²) in [7, 11) is 0. The Morgan fingerprint density at radius 1 is 1.00 bits per heavy atom. The van der Waals surface area contributed by atoms with Gasteiger partial charge >= 0.3 is 0 Å². The normalized spacial score (nSPS) is 11.3. The molecule has 5 rings (SSSR count). The number of guanidine groups is 1. The molecule has 0 aliphatic heterocycles. The molecule has 8 heteroatoms. The summed E-state index contributed by atoms with van der Waals surface area (Å²) in [5.74, 6) is 0.201. The SMILES string of the molecule is NC(N)=NCCCc1nc(-c2c[nH]c3ccccc23)cn2c(O)c(Cc3ccccc3)nc12. The van der Waals surface area contributed by atoms with Gasteiger partial charge in [0.2, 0.25) is 5.88 Å². The van der Waals surface area contributed by atoms with E-state index < -0.39 is 0 Å². The lowest BCUT2D eigenvalue weighted by molar-refractivity contribution is 0.442. The number of fused-ring (bicyclic) bond motifs is 2. The van der Waals surface area contributed by atoms with Crippen LogP contribution in [0.2, 0.25) is 0 Å². The van der Waals surface area contributed by atoms with Gasteiger partial charge in [-0.2, -0.15) is 0 Å². The van der Waals surface area contributed by atoms with Gasteiger partial charge in [-0.05, 0) is 24.5 Å². The third-order valence-corrected chi connectivity index (χ3v) is 5.67. The van der Waals surface area contributed by atoms with Crippen LogP contribution in [-0.4, -0.2) is 37.0 Å². The van der Waals surface area contributed by atoms with Crippen molar-refractivity contribution in [1.82, 2.24) is 19.4 Å². The van der Waals surface area contributed by atoms with Crippen LogP contribution in [0.15, 0.2) is 72.0 Å². The maximum absolute atomic E-state index is 11.1. The number of nitrogens with two attached hydrogens (primary N) is 2. The number of aromatic nitrogens is 4. The molecule has 0 aliphatic rings. The fourth-order valence-electron chi connectivity index (χ4n) is 4.09. The number of aryl methyl sites for hydroxylation is 1. The van der Waals surface area contributed by atoms with E-state index in [4.69, 9.17) is 21.4 Å². The molecule has 5 aromatic rings. The number of benzene rings is 2. The average Bonchev–Trinajstić information content (AvgIpc) is 3.39. The topological polar surface area (TPSA) is 131 Å². The van der Waals surface area contributed by atoms with Gasteiger partial charge in [0.25, 0.3) is 0 Å². The van der Waals surface area contributed by atoms with Crippen LogP contribution in [0.1, 0.15) is 23.4 Å². The van der Waals surface area contributed by atoms with Crippen molar-refractivity contribution in [3.05, 3.63) is 83.9 Å². The summed E-state index contributed by atoms with van der Waals surface area (Å²) >= 11 is 0. The summed E-state index contributed by atoms with van der Waals surface area (Å²) in [5, 5.41) is 12.1. The van der Waals surface area contributed by atoms with E-state index in [1.165, 1.54) is 0 Å². The molecule has 6 N–H and O–H groups in total. The van der Waals surface area contributed by atoms with E-state index in [0.717, 1.165) is 33.4 Å². The van der Waals surface area contributed by atoms with E-state index in [-0.39, 0.29) is 11.8 Å². The molecular weight excluding hydrogens is 414 g/mol. The van der Waals surface area contributed by atoms with Gasteiger partial charge in [-0.1, -0.05) is 48.5 Å². The minimum atomic E-state index is 0.0734. The molecule has 0 aliphatic carbocycles. The minimum absolute atomic E-state index is 0.0734. The number of aromatic amines is 1. The molecule has 0 unspecified atom stereocenters. The predicted molar refractivity (Wildman–Crippen MR) is 130 cm³/mol. The van der Waals surface area contributed by atoms with Crippen LogP contribution in [-0.2, 0) is 12.8 Å². The highest BCUT2D eigenvalue weighted by Gasteiger charge is 2.18. The molecular formula is C25H25N7O. The number of aliphatic imine (C=N–C) groups is 1. The maximum Gasteiger partial charge on any atom is 0.219 e. The van der Waals surface area contributed by atoms with E-state index in [1.807, 2.05) is 60.9 Å². The quantitative estimate of drug-likeness (QED) is 0.175. The number of imidazole rings is 1. The Morgan fingerprint density at radius 2 is 1.79 bits per heavy atom. The summed E-state index contributed by atoms with van der Waals surface area (Å²) in [6.07, 6.45) is 5.66. The van der Waals surface area contributed by atoms with Gasteiger partial charge in [-0.25, -0.2) is 9.97 Å². The number of hydrogen-bond acceptors (Lipinski definition) is 4. The molecule has 166 valence electrons. The molecule has 0 fully saturated rings. The Balaban J connectivity index is 1.60. The molecule has 2 aromatic carbocycles. The summed E-state index contributed by atoms with van der Waals surface area (Å²) in [6.45, 7) is 0.497. The van der Waals surface area contributed by atoms with Crippen molar-refractivity contribution in [3.8, 4) is 17.1 Å². The van der Waals surface area contributed by atoms with E-state index >= 15 is 0 Å².